The van der Waals surface area contributed by atoms with Gasteiger partial charge in [-0.2, -0.15) is 11.8 Å². The lowest BCUT2D eigenvalue weighted by Gasteiger charge is -2.24. The topological polar surface area (TPSA) is 38.5 Å². The second-order valence-corrected chi connectivity index (χ2v) is 4.80. The van der Waals surface area contributed by atoms with Gasteiger partial charge in [-0.05, 0) is 25.6 Å². The minimum atomic E-state index is 0.225. The van der Waals surface area contributed by atoms with Gasteiger partial charge in [0.05, 0.1) is 6.10 Å². The number of rotatable bonds is 5. The van der Waals surface area contributed by atoms with Gasteiger partial charge in [0, 0.05) is 32.0 Å². The van der Waals surface area contributed by atoms with Gasteiger partial charge < -0.3 is 10.5 Å². The third-order valence-corrected chi connectivity index (χ3v) is 3.49. The van der Waals surface area contributed by atoms with E-state index >= 15 is 0 Å². The van der Waals surface area contributed by atoms with E-state index in [1.54, 1.807) is 0 Å². The van der Waals surface area contributed by atoms with Crippen molar-refractivity contribution in [3.05, 3.63) is 0 Å². The molecular formula is C10H22N2OS. The highest BCUT2D eigenvalue weighted by molar-refractivity contribution is 7.99. The van der Waals surface area contributed by atoms with Crippen LogP contribution < -0.4 is 5.73 Å². The Morgan fingerprint density at radius 2 is 2.29 bits per heavy atom. The van der Waals surface area contributed by atoms with Crippen molar-refractivity contribution in [3.8, 4) is 0 Å². The maximum atomic E-state index is 5.66. The zero-order valence-corrected chi connectivity index (χ0v) is 9.89. The zero-order chi connectivity index (χ0) is 10.2. The Balaban J connectivity index is 2.24. The molecule has 0 saturated carbocycles. The number of thioether (sulfide) groups is 1. The van der Waals surface area contributed by atoms with Gasteiger partial charge in [-0.15, -0.1) is 0 Å². The third-order valence-electron chi connectivity index (χ3n) is 2.44. The molecule has 14 heavy (non-hydrogen) atoms. The molecule has 1 aliphatic heterocycles. The van der Waals surface area contributed by atoms with Crippen LogP contribution in [0.4, 0.5) is 0 Å². The van der Waals surface area contributed by atoms with E-state index in [1.165, 1.54) is 31.0 Å². The summed E-state index contributed by atoms with van der Waals surface area (Å²) in [4.78, 5) is 2.48. The van der Waals surface area contributed by atoms with Crippen LogP contribution in [-0.2, 0) is 4.74 Å². The quantitative estimate of drug-likeness (QED) is 0.740. The van der Waals surface area contributed by atoms with Crippen molar-refractivity contribution >= 4 is 11.8 Å². The van der Waals surface area contributed by atoms with Gasteiger partial charge in [-0.3, -0.25) is 4.90 Å². The summed E-state index contributed by atoms with van der Waals surface area (Å²) in [6, 6.07) is 0. The first-order chi connectivity index (χ1) is 6.86. The van der Waals surface area contributed by atoms with Crippen LogP contribution in [0.15, 0.2) is 0 Å². The fraction of sp³-hybridized carbons (Fsp3) is 1.00. The predicted octanol–water partition coefficient (Wildman–Crippen LogP) is 0.789. The lowest BCUT2D eigenvalue weighted by Crippen LogP contribution is -2.39. The van der Waals surface area contributed by atoms with Crippen molar-refractivity contribution in [2.24, 2.45) is 5.73 Å². The highest BCUT2D eigenvalue weighted by Crippen LogP contribution is 2.10. The Kier molecular flexibility index (Phi) is 6.60. The molecule has 1 atom stereocenters. The molecule has 0 aromatic carbocycles. The van der Waals surface area contributed by atoms with Gasteiger partial charge in [0.2, 0.25) is 0 Å². The number of nitrogens with two attached hydrogens (primary N) is 1. The summed E-state index contributed by atoms with van der Waals surface area (Å²) < 4.78 is 5.56. The molecule has 84 valence electrons. The first-order valence-electron chi connectivity index (χ1n) is 5.48. The van der Waals surface area contributed by atoms with Crippen LogP contribution in [-0.4, -0.2) is 55.3 Å². The van der Waals surface area contributed by atoms with Gasteiger partial charge in [0.15, 0.2) is 0 Å². The molecule has 1 rings (SSSR count). The van der Waals surface area contributed by atoms with Crippen molar-refractivity contribution in [3.63, 3.8) is 0 Å². The monoisotopic (exact) mass is 218 g/mol. The smallest absolute Gasteiger partial charge is 0.0823 e. The predicted molar refractivity (Wildman–Crippen MR) is 62.9 cm³/mol. The van der Waals surface area contributed by atoms with Crippen LogP contribution in [0.5, 0.6) is 0 Å². The molecule has 0 spiro atoms. The van der Waals surface area contributed by atoms with Crippen LogP contribution in [0.25, 0.3) is 0 Å². The Labute approximate surface area is 91.4 Å². The molecule has 1 heterocycles. The summed E-state index contributed by atoms with van der Waals surface area (Å²) in [5.74, 6) is 2.56. The number of hydrogen-bond donors (Lipinski definition) is 1. The molecule has 0 aromatic rings. The Morgan fingerprint density at radius 3 is 3.00 bits per heavy atom. The minimum absolute atomic E-state index is 0.225. The largest absolute Gasteiger partial charge is 0.376 e. The summed E-state index contributed by atoms with van der Waals surface area (Å²) in [5, 5.41) is 0. The molecule has 1 aliphatic rings. The van der Waals surface area contributed by atoms with Crippen LogP contribution in [0.1, 0.15) is 13.3 Å². The van der Waals surface area contributed by atoms with Crippen molar-refractivity contribution in [1.82, 2.24) is 4.90 Å². The molecule has 0 radical (unpaired) electrons. The third kappa shape index (κ3) is 4.64. The molecule has 0 amide bonds. The summed E-state index contributed by atoms with van der Waals surface area (Å²) in [5.41, 5.74) is 5.66. The van der Waals surface area contributed by atoms with Gasteiger partial charge in [-0.1, -0.05) is 0 Å². The van der Waals surface area contributed by atoms with Crippen LogP contribution in [0.2, 0.25) is 0 Å². The fourth-order valence-corrected chi connectivity index (χ4v) is 2.62. The van der Waals surface area contributed by atoms with Crippen LogP contribution in [0, 0.1) is 0 Å². The molecule has 1 fully saturated rings. The highest BCUT2D eigenvalue weighted by atomic mass is 32.2. The van der Waals surface area contributed by atoms with E-state index in [0.29, 0.717) is 6.54 Å². The summed E-state index contributed by atoms with van der Waals surface area (Å²) in [7, 11) is 0. The van der Waals surface area contributed by atoms with Crippen molar-refractivity contribution in [2.45, 2.75) is 19.4 Å². The second-order valence-electron chi connectivity index (χ2n) is 3.58. The van der Waals surface area contributed by atoms with Gasteiger partial charge >= 0.3 is 0 Å². The summed E-state index contributed by atoms with van der Waals surface area (Å²) >= 11 is 2.05. The zero-order valence-electron chi connectivity index (χ0n) is 9.08. The van der Waals surface area contributed by atoms with E-state index in [-0.39, 0.29) is 6.10 Å². The average Bonchev–Trinajstić information content (AvgIpc) is 2.45. The Morgan fingerprint density at radius 1 is 1.43 bits per heavy atom. The summed E-state index contributed by atoms with van der Waals surface area (Å²) in [6.07, 6.45) is 1.52. The summed E-state index contributed by atoms with van der Waals surface area (Å²) in [6.45, 7) is 6.83. The van der Waals surface area contributed by atoms with E-state index in [1.807, 2.05) is 6.92 Å². The Bertz CT molecular complexity index is 138. The van der Waals surface area contributed by atoms with Gasteiger partial charge in [0.25, 0.3) is 0 Å². The SMILES string of the molecule is CCOC(CN)CN1CCCSCC1. The second kappa shape index (κ2) is 7.51. The van der Waals surface area contributed by atoms with E-state index < -0.39 is 0 Å². The van der Waals surface area contributed by atoms with E-state index in [2.05, 4.69) is 16.7 Å². The molecular weight excluding hydrogens is 196 g/mol. The van der Waals surface area contributed by atoms with Gasteiger partial charge in [0.1, 0.15) is 0 Å². The van der Waals surface area contributed by atoms with E-state index in [0.717, 1.165) is 13.2 Å². The first-order valence-corrected chi connectivity index (χ1v) is 6.64. The lowest BCUT2D eigenvalue weighted by molar-refractivity contribution is 0.0411. The maximum absolute atomic E-state index is 5.66. The molecule has 0 bridgehead atoms. The van der Waals surface area contributed by atoms with Gasteiger partial charge in [-0.25, -0.2) is 0 Å². The maximum Gasteiger partial charge on any atom is 0.0823 e. The molecule has 2 N–H and O–H groups in total. The molecule has 3 nitrogen and oxygen atoms in total. The standard InChI is InChI=1S/C10H22N2OS/c1-2-13-10(8-11)9-12-4-3-6-14-7-5-12/h10H,2-9,11H2,1H3. The lowest BCUT2D eigenvalue weighted by atomic mass is 10.3. The molecule has 1 saturated heterocycles. The van der Waals surface area contributed by atoms with Crippen molar-refractivity contribution in [2.75, 3.05) is 44.3 Å². The van der Waals surface area contributed by atoms with E-state index in [4.69, 9.17) is 10.5 Å². The molecule has 1 unspecified atom stereocenters. The molecule has 4 heteroatoms. The normalized spacial score (nSPS) is 21.9. The number of nitrogens with zero attached hydrogens (tertiary/aromatic N) is 1. The highest BCUT2D eigenvalue weighted by Gasteiger charge is 2.14. The van der Waals surface area contributed by atoms with Crippen molar-refractivity contribution < 1.29 is 4.74 Å². The average molecular weight is 218 g/mol. The fourth-order valence-electron chi connectivity index (χ4n) is 1.70. The van der Waals surface area contributed by atoms with Crippen LogP contribution in [0.3, 0.4) is 0 Å². The van der Waals surface area contributed by atoms with E-state index in [9.17, 15) is 0 Å². The Hall–Kier alpha value is 0.230. The first kappa shape index (κ1) is 12.3. The van der Waals surface area contributed by atoms with Crippen molar-refractivity contribution in [1.29, 1.82) is 0 Å². The molecule has 0 aliphatic carbocycles. The number of hydrogen-bond acceptors (Lipinski definition) is 4. The minimum Gasteiger partial charge on any atom is -0.376 e. The number of ether oxygens (including phenoxy) is 1. The molecule has 0 aromatic heterocycles. The van der Waals surface area contributed by atoms with Crippen LogP contribution >= 0.6 is 11.8 Å².